The van der Waals surface area contributed by atoms with Gasteiger partial charge in [0.1, 0.15) is 5.82 Å². The highest BCUT2D eigenvalue weighted by molar-refractivity contribution is 5.94. The number of carbonyl (C=O) groups excluding carboxylic acids is 2. The largest absolute Gasteiger partial charge is 0.351 e. The molecule has 156 valence electrons. The fourth-order valence-corrected chi connectivity index (χ4v) is 3.13. The summed E-state index contributed by atoms with van der Waals surface area (Å²) in [6.45, 7) is 7.21. The van der Waals surface area contributed by atoms with E-state index in [0.717, 1.165) is 35.2 Å². The van der Waals surface area contributed by atoms with Crippen molar-refractivity contribution < 1.29 is 14.0 Å². The van der Waals surface area contributed by atoms with E-state index in [9.17, 15) is 14.0 Å². The molecule has 5 nitrogen and oxygen atoms in total. The van der Waals surface area contributed by atoms with Crippen LogP contribution in [0, 0.1) is 5.82 Å². The molecule has 29 heavy (non-hydrogen) atoms. The molecule has 0 saturated heterocycles. The lowest BCUT2D eigenvalue weighted by Gasteiger charge is -2.21. The lowest BCUT2D eigenvalue weighted by molar-refractivity contribution is -0.123. The summed E-state index contributed by atoms with van der Waals surface area (Å²) in [6.07, 6.45) is 1.68. The van der Waals surface area contributed by atoms with Crippen molar-refractivity contribution >= 4 is 17.5 Å². The molecule has 0 heterocycles. The molecule has 0 atom stereocenters. The molecule has 0 fully saturated rings. The van der Waals surface area contributed by atoms with Crippen LogP contribution in [0.15, 0.2) is 42.5 Å². The first-order valence-electron chi connectivity index (χ1n) is 10.1. The summed E-state index contributed by atoms with van der Waals surface area (Å²) in [5.74, 6) is -0.611. The van der Waals surface area contributed by atoms with Crippen LogP contribution in [-0.4, -0.2) is 36.3 Å². The fourth-order valence-electron chi connectivity index (χ4n) is 3.13. The van der Waals surface area contributed by atoms with Crippen molar-refractivity contribution in [3.8, 4) is 0 Å². The molecule has 0 aliphatic heterocycles. The Labute approximate surface area is 172 Å². The first-order chi connectivity index (χ1) is 14.0. The van der Waals surface area contributed by atoms with Crippen LogP contribution in [-0.2, 0) is 29.0 Å². The third-order valence-electron chi connectivity index (χ3n) is 4.85. The van der Waals surface area contributed by atoms with Gasteiger partial charge in [-0.15, -0.1) is 0 Å². The zero-order valence-electron chi connectivity index (χ0n) is 17.4. The van der Waals surface area contributed by atoms with Crippen LogP contribution in [0.4, 0.5) is 10.1 Å². The van der Waals surface area contributed by atoms with Gasteiger partial charge in [0.2, 0.25) is 11.8 Å². The summed E-state index contributed by atoms with van der Waals surface area (Å²) in [4.78, 5) is 26.6. The van der Waals surface area contributed by atoms with Crippen molar-refractivity contribution in [3.63, 3.8) is 0 Å². The number of nitrogens with one attached hydrogen (secondary N) is 2. The highest BCUT2D eigenvalue weighted by Crippen LogP contribution is 2.22. The smallest absolute Gasteiger partial charge is 0.238 e. The Morgan fingerprint density at radius 3 is 2.03 bits per heavy atom. The molecule has 0 aromatic heterocycles. The van der Waals surface area contributed by atoms with Crippen LogP contribution in [0.25, 0.3) is 0 Å². The van der Waals surface area contributed by atoms with Gasteiger partial charge < -0.3 is 10.6 Å². The minimum atomic E-state index is -0.306. The van der Waals surface area contributed by atoms with Gasteiger partial charge in [0, 0.05) is 12.2 Å². The third-order valence-corrected chi connectivity index (χ3v) is 4.85. The summed E-state index contributed by atoms with van der Waals surface area (Å²) in [5, 5.41) is 5.84. The zero-order valence-corrected chi connectivity index (χ0v) is 17.4. The van der Waals surface area contributed by atoms with Crippen molar-refractivity contribution in [2.24, 2.45) is 0 Å². The molecular weight excluding hydrogens is 369 g/mol. The summed E-state index contributed by atoms with van der Waals surface area (Å²) in [7, 11) is 0. The molecule has 6 heteroatoms. The Balaban J connectivity index is 1.89. The monoisotopic (exact) mass is 399 g/mol. The van der Waals surface area contributed by atoms with Gasteiger partial charge in [0.25, 0.3) is 0 Å². The number of anilines is 1. The van der Waals surface area contributed by atoms with Gasteiger partial charge in [-0.3, -0.25) is 14.5 Å². The Morgan fingerprint density at radius 2 is 1.48 bits per heavy atom. The van der Waals surface area contributed by atoms with E-state index >= 15 is 0 Å². The van der Waals surface area contributed by atoms with Gasteiger partial charge >= 0.3 is 0 Å². The molecule has 2 aromatic carbocycles. The Kier molecular flexibility index (Phi) is 8.80. The zero-order chi connectivity index (χ0) is 21.2. The fraction of sp³-hybridized carbons (Fsp3) is 0.391. The van der Waals surface area contributed by atoms with Crippen LogP contribution < -0.4 is 10.6 Å². The molecule has 0 unspecified atom stereocenters. The molecule has 2 aromatic rings. The van der Waals surface area contributed by atoms with Crippen LogP contribution >= 0.6 is 0 Å². The highest BCUT2D eigenvalue weighted by atomic mass is 19.1. The molecule has 0 aliphatic rings. The second-order valence-corrected chi connectivity index (χ2v) is 6.91. The van der Waals surface area contributed by atoms with E-state index in [0.29, 0.717) is 13.1 Å². The highest BCUT2D eigenvalue weighted by Gasteiger charge is 2.15. The number of carbonyl (C=O) groups is 2. The summed E-state index contributed by atoms with van der Waals surface area (Å²) < 4.78 is 12.9. The van der Waals surface area contributed by atoms with E-state index in [4.69, 9.17) is 0 Å². The average Bonchev–Trinajstić information content (AvgIpc) is 2.72. The van der Waals surface area contributed by atoms with Gasteiger partial charge in [-0.1, -0.05) is 51.1 Å². The van der Waals surface area contributed by atoms with Crippen LogP contribution in [0.5, 0.6) is 0 Å². The molecule has 0 spiro atoms. The van der Waals surface area contributed by atoms with Crippen molar-refractivity contribution in [1.29, 1.82) is 0 Å². The van der Waals surface area contributed by atoms with Gasteiger partial charge in [-0.2, -0.15) is 0 Å². The van der Waals surface area contributed by atoms with E-state index < -0.39 is 0 Å². The molecule has 0 saturated carbocycles. The van der Waals surface area contributed by atoms with E-state index in [1.807, 2.05) is 25.1 Å². The van der Waals surface area contributed by atoms with Crippen molar-refractivity contribution in [1.82, 2.24) is 10.2 Å². The number of amides is 2. The second-order valence-electron chi connectivity index (χ2n) is 6.91. The third kappa shape index (κ3) is 6.98. The van der Waals surface area contributed by atoms with Gasteiger partial charge in [-0.05, 0) is 48.2 Å². The Morgan fingerprint density at radius 1 is 0.897 bits per heavy atom. The van der Waals surface area contributed by atoms with Crippen molar-refractivity contribution in [3.05, 3.63) is 65.0 Å². The molecule has 2 rings (SSSR count). The summed E-state index contributed by atoms with van der Waals surface area (Å²) >= 11 is 0. The predicted molar refractivity (Wildman–Crippen MR) is 114 cm³/mol. The number of para-hydroxylation sites is 1. The van der Waals surface area contributed by atoms with Crippen LogP contribution in [0.3, 0.4) is 0 Å². The summed E-state index contributed by atoms with van der Waals surface area (Å²) in [6, 6.07) is 12.1. The molecule has 2 amide bonds. The van der Waals surface area contributed by atoms with Crippen LogP contribution in [0.2, 0.25) is 0 Å². The lowest BCUT2D eigenvalue weighted by Crippen LogP contribution is -2.41. The van der Waals surface area contributed by atoms with Gasteiger partial charge in [0.15, 0.2) is 0 Å². The average molecular weight is 400 g/mol. The Hall–Kier alpha value is -2.73. The first kappa shape index (κ1) is 22.6. The first-order valence-corrected chi connectivity index (χ1v) is 10.1. The maximum atomic E-state index is 12.9. The molecular formula is C23H30FN3O2. The number of likely N-dealkylation sites (N-methyl/N-ethyl adjacent to an activating group) is 1. The predicted octanol–water partition coefficient (Wildman–Crippen LogP) is 3.53. The SMILES string of the molecule is CCc1cccc(CC)c1NC(=O)CN(CC)CC(=O)NCc1ccc(F)cc1. The number of halogens is 1. The number of hydrogen-bond acceptors (Lipinski definition) is 3. The van der Waals surface area contributed by atoms with Gasteiger partial charge in [0.05, 0.1) is 13.1 Å². The minimum absolute atomic E-state index is 0.126. The normalized spacial score (nSPS) is 10.8. The van der Waals surface area contributed by atoms with Gasteiger partial charge in [-0.25, -0.2) is 4.39 Å². The molecule has 0 aliphatic carbocycles. The number of aryl methyl sites for hydroxylation is 2. The lowest BCUT2D eigenvalue weighted by atomic mass is 10.0. The number of nitrogens with zero attached hydrogens (tertiary/aromatic N) is 1. The van der Waals surface area contributed by atoms with Crippen molar-refractivity contribution in [2.45, 2.75) is 40.2 Å². The standard InChI is InChI=1S/C23H30FN3O2/c1-4-18-8-7-9-19(5-2)23(18)26-22(29)16-27(6-3)15-21(28)25-14-17-10-12-20(24)13-11-17/h7-13H,4-6,14-16H2,1-3H3,(H,25,28)(H,26,29). The maximum Gasteiger partial charge on any atom is 0.238 e. The van der Waals surface area contributed by atoms with E-state index in [2.05, 4.69) is 24.5 Å². The van der Waals surface area contributed by atoms with E-state index in [-0.39, 0.29) is 30.7 Å². The second kappa shape index (κ2) is 11.3. The molecule has 0 bridgehead atoms. The van der Waals surface area contributed by atoms with Crippen LogP contribution in [0.1, 0.15) is 37.5 Å². The maximum absolute atomic E-state index is 12.9. The Bertz CT molecular complexity index is 799. The topological polar surface area (TPSA) is 61.4 Å². The molecule has 2 N–H and O–H groups in total. The van der Waals surface area contributed by atoms with Crippen molar-refractivity contribution in [2.75, 3.05) is 25.0 Å². The molecule has 0 radical (unpaired) electrons. The number of benzene rings is 2. The van der Waals surface area contributed by atoms with E-state index in [1.54, 1.807) is 17.0 Å². The minimum Gasteiger partial charge on any atom is -0.351 e. The summed E-state index contributed by atoms with van der Waals surface area (Å²) in [5.41, 5.74) is 3.93. The van der Waals surface area contributed by atoms with E-state index in [1.165, 1.54) is 12.1 Å². The number of hydrogen-bond donors (Lipinski definition) is 2. The number of rotatable bonds is 10. The quantitative estimate of drug-likeness (QED) is 0.643.